The van der Waals surface area contributed by atoms with Crippen molar-refractivity contribution in [1.29, 1.82) is 0 Å². The van der Waals surface area contributed by atoms with Crippen LogP contribution in [0, 0.1) is 11.6 Å². The molecule has 7 heteroatoms. The third kappa shape index (κ3) is 6.90. The van der Waals surface area contributed by atoms with E-state index in [1.165, 1.54) is 35.2 Å². The molecule has 4 rings (SSSR count). The van der Waals surface area contributed by atoms with E-state index in [0.29, 0.717) is 12.0 Å². The topological polar surface area (TPSA) is 58.6 Å². The second kappa shape index (κ2) is 12.3. The lowest BCUT2D eigenvalue weighted by Gasteiger charge is -2.32. The smallest absolute Gasteiger partial charge is 0.261 e. The molecule has 0 unspecified atom stereocenters. The minimum Gasteiger partial charge on any atom is -0.481 e. The molecule has 0 saturated heterocycles. The van der Waals surface area contributed by atoms with Gasteiger partial charge in [-0.1, -0.05) is 67.4 Å². The van der Waals surface area contributed by atoms with Crippen LogP contribution in [0.5, 0.6) is 5.75 Å². The Kier molecular flexibility index (Phi) is 8.66. The number of nitrogens with zero attached hydrogens (tertiary/aromatic N) is 1. The second-order valence-corrected chi connectivity index (χ2v) is 9.06. The van der Waals surface area contributed by atoms with Gasteiger partial charge in [0.2, 0.25) is 5.91 Å². The summed E-state index contributed by atoms with van der Waals surface area (Å²) in [6, 6.07) is 20.4. The Morgan fingerprint density at radius 2 is 1.56 bits per heavy atom. The van der Waals surface area contributed by atoms with E-state index in [1.807, 2.05) is 30.3 Å². The van der Waals surface area contributed by atoms with E-state index in [2.05, 4.69) is 5.32 Å². The van der Waals surface area contributed by atoms with E-state index in [0.717, 1.165) is 31.2 Å². The molecule has 0 aromatic heterocycles. The van der Waals surface area contributed by atoms with Crippen molar-refractivity contribution in [1.82, 2.24) is 10.2 Å². The summed E-state index contributed by atoms with van der Waals surface area (Å²) in [5.74, 6) is -1.71. The highest BCUT2D eigenvalue weighted by Gasteiger charge is 2.32. The molecular formula is C29H30F2N2O3. The summed E-state index contributed by atoms with van der Waals surface area (Å²) in [6.07, 6.45) is 4.23. The molecule has 1 aliphatic rings. The van der Waals surface area contributed by atoms with Gasteiger partial charge in [-0.2, -0.15) is 0 Å². The van der Waals surface area contributed by atoms with Gasteiger partial charge in [0, 0.05) is 19.0 Å². The van der Waals surface area contributed by atoms with Gasteiger partial charge in [-0.25, -0.2) is 8.78 Å². The predicted octanol–water partition coefficient (Wildman–Crippen LogP) is 5.04. The Morgan fingerprint density at radius 1 is 0.889 bits per heavy atom. The molecule has 36 heavy (non-hydrogen) atoms. The van der Waals surface area contributed by atoms with Crippen molar-refractivity contribution in [3.8, 4) is 5.75 Å². The van der Waals surface area contributed by atoms with Gasteiger partial charge in [0.15, 0.2) is 18.2 Å². The molecule has 1 fully saturated rings. The average Bonchev–Trinajstić information content (AvgIpc) is 3.40. The van der Waals surface area contributed by atoms with Crippen molar-refractivity contribution in [2.45, 2.75) is 50.7 Å². The van der Waals surface area contributed by atoms with Crippen molar-refractivity contribution in [2.24, 2.45) is 0 Å². The predicted molar refractivity (Wildman–Crippen MR) is 133 cm³/mol. The zero-order valence-electron chi connectivity index (χ0n) is 20.0. The lowest BCUT2D eigenvalue weighted by molar-refractivity contribution is -0.143. The fourth-order valence-corrected chi connectivity index (χ4v) is 4.49. The number of rotatable bonds is 10. The molecule has 1 N–H and O–H groups in total. The number of ether oxygens (including phenoxy) is 1. The molecule has 0 spiro atoms. The highest BCUT2D eigenvalue weighted by Crippen LogP contribution is 2.21. The molecule has 188 valence electrons. The fourth-order valence-electron chi connectivity index (χ4n) is 4.49. The van der Waals surface area contributed by atoms with Gasteiger partial charge in [-0.3, -0.25) is 9.59 Å². The highest BCUT2D eigenvalue weighted by atomic mass is 19.1. The van der Waals surface area contributed by atoms with Crippen LogP contribution in [0.25, 0.3) is 0 Å². The quantitative estimate of drug-likeness (QED) is 0.431. The number of hydrogen-bond acceptors (Lipinski definition) is 3. The SMILES string of the molecule is O=C(NC1CCCC1)[C@@H](Cc1ccccc1)N(Cc1ccc(F)cc1)C(=O)COc1ccccc1F. The van der Waals surface area contributed by atoms with Gasteiger partial charge in [0.05, 0.1) is 0 Å². The zero-order chi connectivity index (χ0) is 25.3. The van der Waals surface area contributed by atoms with Gasteiger partial charge < -0.3 is 15.0 Å². The standard InChI is InChI=1S/C29H30F2N2O3/c30-23-16-14-22(15-17-23)19-33(28(34)20-36-27-13-7-6-12-25(27)31)26(18-21-8-2-1-3-9-21)29(35)32-24-10-4-5-11-24/h1-3,6-9,12-17,24,26H,4-5,10-11,18-20H2,(H,32,35)/t26-/m1/s1. The summed E-state index contributed by atoms with van der Waals surface area (Å²) in [6.45, 7) is -0.362. The largest absolute Gasteiger partial charge is 0.481 e. The third-order valence-electron chi connectivity index (χ3n) is 6.43. The molecule has 3 aromatic carbocycles. The van der Waals surface area contributed by atoms with Crippen LogP contribution in [0.2, 0.25) is 0 Å². The van der Waals surface area contributed by atoms with Gasteiger partial charge in [0.25, 0.3) is 5.91 Å². The Balaban J connectivity index is 1.61. The molecule has 3 aromatic rings. The maximum atomic E-state index is 14.1. The normalized spacial score (nSPS) is 14.3. The minimum absolute atomic E-state index is 0.0393. The molecule has 5 nitrogen and oxygen atoms in total. The van der Waals surface area contributed by atoms with Crippen LogP contribution in [0.15, 0.2) is 78.9 Å². The van der Waals surface area contributed by atoms with Crippen LogP contribution in [0.1, 0.15) is 36.8 Å². The first kappa shape index (κ1) is 25.4. The van der Waals surface area contributed by atoms with Crippen molar-refractivity contribution in [3.63, 3.8) is 0 Å². The molecule has 1 aliphatic carbocycles. The Hall–Kier alpha value is -3.74. The number of benzene rings is 3. The molecular weight excluding hydrogens is 462 g/mol. The van der Waals surface area contributed by atoms with Gasteiger partial charge in [0.1, 0.15) is 11.9 Å². The van der Waals surface area contributed by atoms with Gasteiger partial charge >= 0.3 is 0 Å². The van der Waals surface area contributed by atoms with Gasteiger partial charge in [-0.05, 0) is 48.2 Å². The van der Waals surface area contributed by atoms with E-state index in [-0.39, 0.29) is 30.1 Å². The van der Waals surface area contributed by atoms with E-state index in [4.69, 9.17) is 4.74 Å². The summed E-state index contributed by atoms with van der Waals surface area (Å²) < 4.78 is 33.1. The van der Waals surface area contributed by atoms with Gasteiger partial charge in [-0.15, -0.1) is 0 Å². The molecule has 1 atom stereocenters. The number of amides is 2. The molecule has 1 saturated carbocycles. The van der Waals surface area contributed by atoms with E-state index in [9.17, 15) is 18.4 Å². The van der Waals surface area contributed by atoms with Crippen LogP contribution in [0.3, 0.4) is 0 Å². The lowest BCUT2D eigenvalue weighted by atomic mass is 10.0. The number of nitrogens with one attached hydrogen (secondary N) is 1. The Morgan fingerprint density at radius 3 is 2.25 bits per heavy atom. The fraction of sp³-hybridized carbons (Fsp3) is 0.310. The number of para-hydroxylation sites is 1. The van der Waals surface area contributed by atoms with Crippen molar-refractivity contribution in [3.05, 3.63) is 102 Å². The first-order chi connectivity index (χ1) is 17.5. The van der Waals surface area contributed by atoms with E-state index >= 15 is 0 Å². The zero-order valence-corrected chi connectivity index (χ0v) is 20.0. The van der Waals surface area contributed by atoms with Crippen molar-refractivity contribution >= 4 is 11.8 Å². The summed E-state index contributed by atoms with van der Waals surface area (Å²) in [7, 11) is 0. The van der Waals surface area contributed by atoms with Crippen LogP contribution in [0.4, 0.5) is 8.78 Å². The Bertz CT molecular complexity index is 1150. The van der Waals surface area contributed by atoms with E-state index < -0.39 is 24.4 Å². The van der Waals surface area contributed by atoms with Crippen LogP contribution < -0.4 is 10.1 Å². The molecule has 0 aliphatic heterocycles. The Labute approximate surface area is 210 Å². The van der Waals surface area contributed by atoms with Crippen molar-refractivity contribution in [2.75, 3.05) is 6.61 Å². The monoisotopic (exact) mass is 492 g/mol. The highest BCUT2D eigenvalue weighted by molar-refractivity contribution is 5.88. The minimum atomic E-state index is -0.824. The molecule has 0 radical (unpaired) electrons. The van der Waals surface area contributed by atoms with Crippen LogP contribution in [-0.4, -0.2) is 35.4 Å². The second-order valence-electron chi connectivity index (χ2n) is 9.06. The van der Waals surface area contributed by atoms with Crippen LogP contribution in [-0.2, 0) is 22.6 Å². The molecule has 2 amide bonds. The summed E-state index contributed by atoms with van der Waals surface area (Å²) in [4.78, 5) is 28.5. The molecule has 0 heterocycles. The van der Waals surface area contributed by atoms with Crippen molar-refractivity contribution < 1.29 is 23.1 Å². The third-order valence-corrected chi connectivity index (χ3v) is 6.43. The first-order valence-corrected chi connectivity index (χ1v) is 12.2. The summed E-state index contributed by atoms with van der Waals surface area (Å²) in [5, 5.41) is 3.12. The lowest BCUT2D eigenvalue weighted by Crippen LogP contribution is -2.53. The number of carbonyl (C=O) groups excluding carboxylic acids is 2. The first-order valence-electron chi connectivity index (χ1n) is 12.2. The average molecular weight is 493 g/mol. The number of halogens is 2. The maximum Gasteiger partial charge on any atom is 0.261 e. The maximum absolute atomic E-state index is 14.1. The number of hydrogen-bond donors (Lipinski definition) is 1. The number of carbonyl (C=O) groups is 2. The summed E-state index contributed by atoms with van der Waals surface area (Å²) in [5.41, 5.74) is 1.57. The molecule has 0 bridgehead atoms. The van der Waals surface area contributed by atoms with E-state index in [1.54, 1.807) is 18.2 Å². The summed E-state index contributed by atoms with van der Waals surface area (Å²) >= 11 is 0. The van der Waals surface area contributed by atoms with Crippen LogP contribution >= 0.6 is 0 Å².